The zero-order valence-electron chi connectivity index (χ0n) is 12.9. The Bertz CT molecular complexity index is 667. The molecule has 0 aliphatic heterocycles. The third-order valence-electron chi connectivity index (χ3n) is 5.15. The summed E-state index contributed by atoms with van der Waals surface area (Å²) in [4.78, 5) is 12.7. The lowest BCUT2D eigenvalue weighted by Gasteiger charge is -2.46. The van der Waals surface area contributed by atoms with Gasteiger partial charge in [0, 0.05) is 23.5 Å². The van der Waals surface area contributed by atoms with Gasteiger partial charge in [-0.05, 0) is 19.8 Å². The Morgan fingerprint density at radius 3 is 2.57 bits per heavy atom. The minimum Gasteiger partial charge on any atom is -0.507 e. The molecule has 23 heavy (non-hydrogen) atoms. The molecule has 1 fully saturated rings. The summed E-state index contributed by atoms with van der Waals surface area (Å²) < 4.78 is 4.95. The van der Waals surface area contributed by atoms with Crippen LogP contribution in [-0.4, -0.2) is 50.1 Å². The molecule has 0 amide bonds. The summed E-state index contributed by atoms with van der Waals surface area (Å²) in [6, 6.07) is 1.12. The Labute approximate surface area is 132 Å². The molecule has 1 aromatic rings. The SMILES string of the molecule is COc1cc(O)c2c(c1O)[C@@H](O)[C@@H]1C[C@@](C)(O)[C@@H](O)C[C@H]1C2=O. The lowest BCUT2D eigenvalue weighted by atomic mass is 9.62. The van der Waals surface area contributed by atoms with Crippen LogP contribution < -0.4 is 4.74 Å². The number of hydrogen-bond donors (Lipinski definition) is 5. The van der Waals surface area contributed by atoms with Gasteiger partial charge in [-0.2, -0.15) is 0 Å². The fraction of sp³-hybridized carbons (Fsp3) is 0.562. The summed E-state index contributed by atoms with van der Waals surface area (Å²) in [6.45, 7) is 1.45. The van der Waals surface area contributed by atoms with Gasteiger partial charge in [0.25, 0.3) is 0 Å². The van der Waals surface area contributed by atoms with E-state index in [1.807, 2.05) is 0 Å². The summed E-state index contributed by atoms with van der Waals surface area (Å²) in [5.74, 6) is -2.68. The fourth-order valence-corrected chi connectivity index (χ4v) is 3.81. The maximum atomic E-state index is 12.7. The quantitative estimate of drug-likeness (QED) is 0.475. The van der Waals surface area contributed by atoms with Crippen molar-refractivity contribution in [1.82, 2.24) is 0 Å². The molecule has 0 radical (unpaired) electrons. The van der Waals surface area contributed by atoms with E-state index in [9.17, 15) is 30.3 Å². The monoisotopic (exact) mass is 324 g/mol. The minimum absolute atomic E-state index is 0.00257. The van der Waals surface area contributed by atoms with Crippen LogP contribution in [0.1, 0.15) is 41.8 Å². The van der Waals surface area contributed by atoms with Gasteiger partial charge in [-0.25, -0.2) is 0 Å². The van der Waals surface area contributed by atoms with Crippen molar-refractivity contribution in [2.75, 3.05) is 7.11 Å². The second-order valence-corrected chi connectivity index (χ2v) is 6.63. The standard InChI is InChI=1S/C16H20O7/c1-16(22)5-7-6(3-10(16)18)13(19)11-8(17)4-9(23-2)15(21)12(11)14(7)20/h4,6-7,10,14,17-18,20-22H,3,5H2,1-2H3/t6-,7-,10+,14+,16-/m1/s1. The third kappa shape index (κ3) is 2.19. The molecule has 0 spiro atoms. The second kappa shape index (κ2) is 5.09. The zero-order chi connectivity index (χ0) is 17.1. The van der Waals surface area contributed by atoms with E-state index >= 15 is 0 Å². The van der Waals surface area contributed by atoms with Crippen molar-refractivity contribution in [2.45, 2.75) is 37.6 Å². The molecule has 1 aromatic carbocycles. The van der Waals surface area contributed by atoms with E-state index in [-0.39, 0.29) is 35.5 Å². The minimum atomic E-state index is -1.43. The first-order chi connectivity index (χ1) is 10.7. The number of carbonyl (C=O) groups is 1. The van der Waals surface area contributed by atoms with Gasteiger partial charge >= 0.3 is 0 Å². The van der Waals surface area contributed by atoms with Crippen LogP contribution in [0.2, 0.25) is 0 Å². The highest BCUT2D eigenvalue weighted by atomic mass is 16.5. The molecule has 3 rings (SSSR count). The van der Waals surface area contributed by atoms with Crippen LogP contribution in [0, 0.1) is 11.8 Å². The van der Waals surface area contributed by atoms with Crippen LogP contribution in [0.15, 0.2) is 6.07 Å². The molecule has 1 saturated carbocycles. The number of hydrogen-bond acceptors (Lipinski definition) is 7. The van der Waals surface area contributed by atoms with E-state index < -0.39 is 41.2 Å². The third-order valence-corrected chi connectivity index (χ3v) is 5.15. The average molecular weight is 324 g/mol. The van der Waals surface area contributed by atoms with E-state index in [1.54, 1.807) is 0 Å². The molecule has 0 unspecified atom stereocenters. The molecular weight excluding hydrogens is 304 g/mol. The number of aliphatic hydroxyl groups excluding tert-OH is 2. The Morgan fingerprint density at radius 1 is 1.30 bits per heavy atom. The molecule has 7 heteroatoms. The van der Waals surface area contributed by atoms with Crippen molar-refractivity contribution in [3.05, 3.63) is 17.2 Å². The first kappa shape index (κ1) is 16.0. The van der Waals surface area contributed by atoms with Gasteiger partial charge in [0.2, 0.25) is 0 Å². The highest BCUT2D eigenvalue weighted by molar-refractivity contribution is 6.04. The molecular formula is C16H20O7. The van der Waals surface area contributed by atoms with E-state index in [2.05, 4.69) is 0 Å². The maximum absolute atomic E-state index is 12.7. The number of ketones is 1. The van der Waals surface area contributed by atoms with E-state index in [1.165, 1.54) is 14.0 Å². The Morgan fingerprint density at radius 2 is 1.96 bits per heavy atom. The summed E-state index contributed by atoms with van der Waals surface area (Å²) in [6.07, 6.45) is -2.37. The molecule has 0 aromatic heterocycles. The van der Waals surface area contributed by atoms with Crippen molar-refractivity contribution in [3.8, 4) is 17.2 Å². The Hall–Kier alpha value is -1.83. The lowest BCUT2D eigenvalue weighted by molar-refractivity contribution is -0.131. The summed E-state index contributed by atoms with van der Waals surface area (Å²) in [5, 5.41) is 51.3. The largest absolute Gasteiger partial charge is 0.507 e. The summed E-state index contributed by atoms with van der Waals surface area (Å²) in [7, 11) is 1.29. The molecule has 7 nitrogen and oxygen atoms in total. The fourth-order valence-electron chi connectivity index (χ4n) is 3.81. The molecule has 0 heterocycles. The van der Waals surface area contributed by atoms with Crippen LogP contribution in [0.25, 0.3) is 0 Å². The number of methoxy groups -OCH3 is 1. The highest BCUT2D eigenvalue weighted by Crippen LogP contribution is 2.54. The Balaban J connectivity index is 2.17. The van der Waals surface area contributed by atoms with Crippen LogP contribution in [-0.2, 0) is 0 Å². The number of Topliss-reactive ketones (excluding diaryl/α,β-unsaturated/α-hetero) is 1. The molecule has 126 valence electrons. The van der Waals surface area contributed by atoms with E-state index in [0.717, 1.165) is 6.07 Å². The maximum Gasteiger partial charge on any atom is 0.170 e. The van der Waals surface area contributed by atoms with Gasteiger partial charge < -0.3 is 30.3 Å². The van der Waals surface area contributed by atoms with Crippen LogP contribution in [0.4, 0.5) is 0 Å². The second-order valence-electron chi connectivity index (χ2n) is 6.63. The van der Waals surface area contributed by atoms with Gasteiger partial charge in [-0.15, -0.1) is 0 Å². The lowest BCUT2D eigenvalue weighted by Crippen LogP contribution is -2.52. The van der Waals surface area contributed by atoms with Gasteiger partial charge in [0.1, 0.15) is 5.75 Å². The van der Waals surface area contributed by atoms with Crippen molar-refractivity contribution in [3.63, 3.8) is 0 Å². The zero-order valence-corrected chi connectivity index (χ0v) is 12.9. The van der Waals surface area contributed by atoms with Crippen molar-refractivity contribution < 1.29 is 35.1 Å². The number of fused-ring (bicyclic) bond motifs is 2. The van der Waals surface area contributed by atoms with Crippen LogP contribution in [0.3, 0.4) is 0 Å². The van der Waals surface area contributed by atoms with Crippen LogP contribution in [0.5, 0.6) is 17.2 Å². The number of phenols is 2. The van der Waals surface area contributed by atoms with Crippen molar-refractivity contribution >= 4 is 5.78 Å². The van der Waals surface area contributed by atoms with Crippen molar-refractivity contribution in [1.29, 1.82) is 0 Å². The number of phenolic OH excluding ortho intramolecular Hbond substituents is 2. The number of ether oxygens (including phenoxy) is 1. The predicted octanol–water partition coefficient (Wildman–Crippen LogP) is 0.474. The molecule has 2 aliphatic rings. The number of benzene rings is 1. The predicted molar refractivity (Wildman–Crippen MR) is 78.5 cm³/mol. The highest BCUT2D eigenvalue weighted by Gasteiger charge is 2.53. The van der Waals surface area contributed by atoms with Gasteiger partial charge in [-0.1, -0.05) is 0 Å². The van der Waals surface area contributed by atoms with E-state index in [4.69, 9.17) is 4.74 Å². The molecule has 0 saturated heterocycles. The topological polar surface area (TPSA) is 127 Å². The van der Waals surface area contributed by atoms with Gasteiger partial charge in [0.15, 0.2) is 17.3 Å². The average Bonchev–Trinajstić information content (AvgIpc) is 2.48. The van der Waals surface area contributed by atoms with Gasteiger partial charge in [-0.3, -0.25) is 4.79 Å². The number of aromatic hydroxyl groups is 2. The number of aliphatic hydroxyl groups is 3. The summed E-state index contributed by atoms with van der Waals surface area (Å²) >= 11 is 0. The van der Waals surface area contributed by atoms with Crippen LogP contribution >= 0.6 is 0 Å². The number of carbonyl (C=O) groups excluding carboxylic acids is 1. The molecule has 5 atom stereocenters. The normalized spacial score (nSPS) is 36.3. The smallest absolute Gasteiger partial charge is 0.170 e. The first-order valence-corrected chi connectivity index (χ1v) is 7.44. The first-order valence-electron chi connectivity index (χ1n) is 7.44. The number of rotatable bonds is 1. The van der Waals surface area contributed by atoms with Crippen molar-refractivity contribution in [2.24, 2.45) is 11.8 Å². The summed E-state index contributed by atoms with van der Waals surface area (Å²) in [5.41, 5.74) is -1.66. The van der Waals surface area contributed by atoms with E-state index in [0.29, 0.717) is 0 Å². The molecule has 0 bridgehead atoms. The molecule has 2 aliphatic carbocycles. The molecule has 5 N–H and O–H groups in total. The Kier molecular flexibility index (Phi) is 3.55. The van der Waals surface area contributed by atoms with Gasteiger partial charge in [0.05, 0.1) is 30.5 Å².